The summed E-state index contributed by atoms with van der Waals surface area (Å²) in [6.45, 7) is 3.61. The lowest BCUT2D eigenvalue weighted by molar-refractivity contribution is -0.0701. The summed E-state index contributed by atoms with van der Waals surface area (Å²) >= 11 is 0. The van der Waals surface area contributed by atoms with Gasteiger partial charge in [0.2, 0.25) is 0 Å². The second kappa shape index (κ2) is 5.73. The Hall–Kier alpha value is -1.47. The maximum absolute atomic E-state index is 13.4. The van der Waals surface area contributed by atoms with Crippen molar-refractivity contribution < 1.29 is 13.9 Å². The third-order valence-corrected chi connectivity index (χ3v) is 5.11. The van der Waals surface area contributed by atoms with E-state index in [1.807, 2.05) is 0 Å². The molecule has 1 aromatic rings. The van der Waals surface area contributed by atoms with Gasteiger partial charge in [-0.1, -0.05) is 13.3 Å². The zero-order chi connectivity index (χ0) is 15.7. The molecule has 0 heterocycles. The van der Waals surface area contributed by atoms with Crippen LogP contribution in [0.5, 0.6) is 0 Å². The van der Waals surface area contributed by atoms with E-state index >= 15 is 0 Å². The fraction of sp³-hybridized carbons (Fsp3) is 0.588. The molecular formula is C17H21F2NO. The normalized spacial score (nSPS) is 28.7. The maximum Gasteiger partial charge on any atom is 0.126 e. The molecule has 0 radical (unpaired) electrons. The van der Waals surface area contributed by atoms with E-state index < -0.39 is 22.7 Å². The minimum Gasteiger partial charge on any atom is -0.384 e. The van der Waals surface area contributed by atoms with Crippen molar-refractivity contribution in [3.63, 3.8) is 0 Å². The molecule has 4 heteroatoms. The molecule has 2 nitrogen and oxygen atoms in total. The van der Waals surface area contributed by atoms with Crippen LogP contribution < -0.4 is 0 Å². The average Bonchev–Trinajstić information content (AvgIpc) is 2.46. The van der Waals surface area contributed by atoms with Crippen LogP contribution in [-0.2, 0) is 5.60 Å². The molecule has 0 saturated heterocycles. The fourth-order valence-corrected chi connectivity index (χ4v) is 3.40. The first-order valence-corrected chi connectivity index (χ1v) is 7.45. The van der Waals surface area contributed by atoms with Gasteiger partial charge in [-0.15, -0.1) is 0 Å². The Kier molecular flexibility index (Phi) is 4.34. The van der Waals surface area contributed by atoms with E-state index in [2.05, 4.69) is 13.0 Å². The first kappa shape index (κ1) is 15.9. The van der Waals surface area contributed by atoms with Crippen molar-refractivity contribution in [3.8, 4) is 6.07 Å². The number of halogens is 2. The van der Waals surface area contributed by atoms with Crippen LogP contribution in [-0.4, -0.2) is 5.11 Å². The molecule has 1 aliphatic carbocycles. The van der Waals surface area contributed by atoms with Crippen LogP contribution in [0.25, 0.3) is 0 Å². The van der Waals surface area contributed by atoms with Crippen LogP contribution in [0.4, 0.5) is 8.78 Å². The molecule has 1 fully saturated rings. The van der Waals surface area contributed by atoms with Crippen molar-refractivity contribution in [1.29, 1.82) is 5.26 Å². The van der Waals surface area contributed by atoms with Gasteiger partial charge < -0.3 is 5.11 Å². The second-order valence-electron chi connectivity index (χ2n) is 6.28. The van der Waals surface area contributed by atoms with Crippen LogP contribution in [0, 0.1) is 34.3 Å². The van der Waals surface area contributed by atoms with Gasteiger partial charge in [0.15, 0.2) is 0 Å². The zero-order valence-corrected chi connectivity index (χ0v) is 12.5. The predicted molar refractivity (Wildman–Crippen MR) is 76.2 cm³/mol. The van der Waals surface area contributed by atoms with Gasteiger partial charge in [-0.3, -0.25) is 0 Å². The Morgan fingerprint density at radius 2 is 1.81 bits per heavy atom. The quantitative estimate of drug-likeness (QED) is 0.903. The molecule has 0 bridgehead atoms. The van der Waals surface area contributed by atoms with E-state index in [-0.39, 0.29) is 5.56 Å². The highest BCUT2D eigenvalue weighted by molar-refractivity contribution is 5.29. The Labute approximate surface area is 124 Å². The summed E-state index contributed by atoms with van der Waals surface area (Å²) < 4.78 is 26.9. The van der Waals surface area contributed by atoms with Gasteiger partial charge in [-0.2, -0.15) is 5.26 Å². The Bertz CT molecular complexity index is 534. The minimum absolute atomic E-state index is 0.136. The number of aliphatic hydroxyl groups is 1. The summed E-state index contributed by atoms with van der Waals surface area (Å²) in [4.78, 5) is 0. The monoisotopic (exact) mass is 293 g/mol. The van der Waals surface area contributed by atoms with E-state index in [0.717, 1.165) is 37.5 Å². The lowest BCUT2D eigenvalue weighted by atomic mass is 9.60. The Balaban J connectivity index is 2.38. The topological polar surface area (TPSA) is 44.0 Å². The first-order chi connectivity index (χ1) is 9.84. The van der Waals surface area contributed by atoms with Crippen LogP contribution >= 0.6 is 0 Å². The number of nitriles is 1. The zero-order valence-electron chi connectivity index (χ0n) is 12.5. The van der Waals surface area contributed by atoms with Crippen molar-refractivity contribution >= 4 is 0 Å². The van der Waals surface area contributed by atoms with Crippen molar-refractivity contribution in [2.24, 2.45) is 11.3 Å². The molecule has 1 aliphatic rings. The van der Waals surface area contributed by atoms with Crippen molar-refractivity contribution in [2.45, 2.75) is 51.6 Å². The molecule has 2 rings (SSSR count). The molecule has 1 N–H and O–H groups in total. The molecule has 1 aromatic carbocycles. The molecule has 1 atom stereocenters. The van der Waals surface area contributed by atoms with Gasteiger partial charge in [0.1, 0.15) is 17.2 Å². The van der Waals surface area contributed by atoms with Gasteiger partial charge in [0, 0.05) is 6.07 Å². The molecule has 0 aromatic heterocycles. The fourth-order valence-electron chi connectivity index (χ4n) is 3.40. The molecule has 1 unspecified atom stereocenters. The number of hydrogen-bond acceptors (Lipinski definition) is 2. The number of nitrogens with zero attached hydrogens (tertiary/aromatic N) is 1. The summed E-state index contributed by atoms with van der Waals surface area (Å²) in [5.41, 5.74) is -2.42. The smallest absolute Gasteiger partial charge is 0.126 e. The van der Waals surface area contributed by atoms with Gasteiger partial charge >= 0.3 is 0 Å². The number of benzene rings is 1. The van der Waals surface area contributed by atoms with Crippen LogP contribution in [0.15, 0.2) is 18.2 Å². The van der Waals surface area contributed by atoms with E-state index in [1.54, 1.807) is 0 Å². The highest BCUT2D eigenvalue weighted by Gasteiger charge is 2.50. The standard InChI is InChI=1S/C17H21F2NO/c1-3-12-4-6-17(11-20,7-5-12)16(2,21)13-8-14(18)10-15(19)9-13/h8-10,12,21H,3-7H2,1-2H3. The molecular weight excluding hydrogens is 272 g/mol. The highest BCUT2D eigenvalue weighted by atomic mass is 19.1. The van der Waals surface area contributed by atoms with Gasteiger partial charge in [0.05, 0.1) is 11.5 Å². The molecule has 1 saturated carbocycles. The third-order valence-electron chi connectivity index (χ3n) is 5.11. The molecule has 114 valence electrons. The van der Waals surface area contributed by atoms with E-state index in [1.165, 1.54) is 6.92 Å². The maximum atomic E-state index is 13.4. The van der Waals surface area contributed by atoms with Gasteiger partial charge in [0.25, 0.3) is 0 Å². The van der Waals surface area contributed by atoms with Gasteiger partial charge in [-0.05, 0) is 56.2 Å². The summed E-state index contributed by atoms with van der Waals surface area (Å²) in [5, 5.41) is 20.6. The predicted octanol–water partition coefficient (Wildman–Crippen LogP) is 4.28. The minimum atomic E-state index is -1.57. The largest absolute Gasteiger partial charge is 0.384 e. The second-order valence-corrected chi connectivity index (χ2v) is 6.28. The third kappa shape index (κ3) is 2.80. The van der Waals surface area contributed by atoms with Gasteiger partial charge in [-0.25, -0.2) is 8.78 Å². The summed E-state index contributed by atoms with van der Waals surface area (Å²) in [7, 11) is 0. The molecule has 0 aliphatic heterocycles. The lowest BCUT2D eigenvalue weighted by Gasteiger charge is -2.45. The molecule has 21 heavy (non-hydrogen) atoms. The Morgan fingerprint density at radius 1 is 1.29 bits per heavy atom. The summed E-state index contributed by atoms with van der Waals surface area (Å²) in [6.07, 6.45) is 3.87. The number of hydrogen-bond donors (Lipinski definition) is 1. The Morgan fingerprint density at radius 3 is 2.24 bits per heavy atom. The van der Waals surface area contributed by atoms with Crippen molar-refractivity contribution in [2.75, 3.05) is 0 Å². The summed E-state index contributed by atoms with van der Waals surface area (Å²) in [6, 6.07) is 5.25. The number of rotatable bonds is 3. The summed E-state index contributed by atoms with van der Waals surface area (Å²) in [5.74, 6) is -0.910. The van der Waals surface area contributed by atoms with E-state index in [4.69, 9.17) is 0 Å². The lowest BCUT2D eigenvalue weighted by Crippen LogP contribution is -2.45. The van der Waals surface area contributed by atoms with Crippen molar-refractivity contribution in [1.82, 2.24) is 0 Å². The SMILES string of the molecule is CCC1CCC(C#N)(C(C)(O)c2cc(F)cc(F)c2)CC1. The van der Waals surface area contributed by atoms with Crippen LogP contribution in [0.3, 0.4) is 0 Å². The van der Waals surface area contributed by atoms with Crippen molar-refractivity contribution in [3.05, 3.63) is 35.4 Å². The van der Waals surface area contributed by atoms with E-state index in [9.17, 15) is 19.1 Å². The average molecular weight is 293 g/mol. The van der Waals surface area contributed by atoms with Crippen LogP contribution in [0.2, 0.25) is 0 Å². The first-order valence-electron chi connectivity index (χ1n) is 7.45. The molecule has 0 amide bonds. The van der Waals surface area contributed by atoms with Crippen LogP contribution in [0.1, 0.15) is 51.5 Å². The molecule has 0 spiro atoms. The highest BCUT2D eigenvalue weighted by Crippen LogP contribution is 2.51. The van der Waals surface area contributed by atoms with E-state index in [0.29, 0.717) is 18.8 Å².